The third kappa shape index (κ3) is 5.30. The van der Waals surface area contributed by atoms with Crippen LogP contribution in [0.2, 0.25) is 0 Å². The number of hydrogen-bond acceptors (Lipinski definition) is 5. The lowest BCUT2D eigenvalue weighted by molar-refractivity contribution is -0.142. The van der Waals surface area contributed by atoms with Crippen LogP contribution in [0.3, 0.4) is 0 Å². The molecule has 1 saturated carbocycles. The maximum Gasteiger partial charge on any atom is 0.306 e. The smallest absolute Gasteiger partial charge is 0.306 e. The van der Waals surface area contributed by atoms with Crippen molar-refractivity contribution in [1.82, 2.24) is 9.88 Å². The minimum Gasteiger partial charge on any atom is -0.485 e. The van der Waals surface area contributed by atoms with Gasteiger partial charge in [0.25, 0.3) is 0 Å². The van der Waals surface area contributed by atoms with Gasteiger partial charge in [-0.2, -0.15) is 0 Å². The molecule has 2 bridgehead atoms. The lowest BCUT2D eigenvalue weighted by atomic mass is 9.82. The van der Waals surface area contributed by atoms with Crippen molar-refractivity contribution in [3.05, 3.63) is 77.0 Å². The minimum absolute atomic E-state index is 0.0260. The van der Waals surface area contributed by atoms with Gasteiger partial charge in [0, 0.05) is 30.9 Å². The molecular weight excluding hydrogens is 524 g/mol. The molecule has 4 unspecified atom stereocenters. The Morgan fingerprint density at radius 3 is 2.57 bits per heavy atom. The van der Waals surface area contributed by atoms with Crippen LogP contribution < -0.4 is 9.47 Å². The summed E-state index contributed by atoms with van der Waals surface area (Å²) in [6.45, 7) is 2.80. The summed E-state index contributed by atoms with van der Waals surface area (Å²) in [7, 11) is 1.67. The number of ether oxygens (including phenoxy) is 2. The van der Waals surface area contributed by atoms with Crippen LogP contribution >= 0.6 is 0 Å². The van der Waals surface area contributed by atoms with Gasteiger partial charge in [0.2, 0.25) is 5.88 Å². The van der Waals surface area contributed by atoms with E-state index in [0.717, 1.165) is 49.1 Å². The Labute approximate surface area is 249 Å². The van der Waals surface area contributed by atoms with E-state index in [1.165, 1.54) is 54.4 Å². The fourth-order valence-electron chi connectivity index (χ4n) is 8.00. The number of benzene rings is 2. The number of hydrogen-bond donors (Lipinski definition) is 1. The number of nitrogens with zero attached hydrogens (tertiary/aromatic N) is 2. The highest BCUT2D eigenvalue weighted by molar-refractivity contribution is 5.71. The van der Waals surface area contributed by atoms with Gasteiger partial charge in [-0.3, -0.25) is 9.69 Å². The summed E-state index contributed by atoms with van der Waals surface area (Å²) in [5.41, 5.74) is 7.25. The SMILES string of the molecule is COc1cc(-c2ccc([C@@H]3CCc4ccc(C(C5CC5)C(C)C(=O)O)cc4O3)cc2CN2C3CCCC2CC3)ccn1. The van der Waals surface area contributed by atoms with E-state index in [-0.39, 0.29) is 12.0 Å². The number of carbonyl (C=O) groups is 1. The van der Waals surface area contributed by atoms with Crippen molar-refractivity contribution >= 4 is 5.97 Å². The maximum absolute atomic E-state index is 11.9. The van der Waals surface area contributed by atoms with Crippen molar-refractivity contribution in [2.45, 2.75) is 95.4 Å². The first-order valence-corrected chi connectivity index (χ1v) is 15.9. The van der Waals surface area contributed by atoms with E-state index in [9.17, 15) is 9.90 Å². The van der Waals surface area contributed by atoms with E-state index in [2.05, 4.69) is 52.3 Å². The van der Waals surface area contributed by atoms with Gasteiger partial charge in [-0.25, -0.2) is 4.98 Å². The van der Waals surface area contributed by atoms with E-state index in [1.54, 1.807) is 7.11 Å². The highest BCUT2D eigenvalue weighted by Crippen LogP contribution is 2.48. The molecule has 3 fully saturated rings. The summed E-state index contributed by atoms with van der Waals surface area (Å²) in [5, 5.41) is 9.79. The number of methoxy groups -OCH3 is 1. The molecule has 0 spiro atoms. The first-order valence-electron chi connectivity index (χ1n) is 15.9. The van der Waals surface area contributed by atoms with E-state index < -0.39 is 11.9 Å². The van der Waals surface area contributed by atoms with Gasteiger partial charge in [0.1, 0.15) is 11.9 Å². The zero-order valence-electron chi connectivity index (χ0n) is 24.8. The predicted octanol–water partition coefficient (Wildman–Crippen LogP) is 7.55. The molecule has 2 saturated heterocycles. The molecule has 1 N–H and O–H groups in total. The Balaban J connectivity index is 1.20. The highest BCUT2D eigenvalue weighted by atomic mass is 16.5. The summed E-state index contributed by atoms with van der Waals surface area (Å²) < 4.78 is 12.2. The predicted molar refractivity (Wildman–Crippen MR) is 163 cm³/mol. The van der Waals surface area contributed by atoms with Crippen LogP contribution in [0.4, 0.5) is 0 Å². The van der Waals surface area contributed by atoms with Crippen molar-refractivity contribution in [3.63, 3.8) is 0 Å². The Morgan fingerprint density at radius 1 is 1.02 bits per heavy atom. The number of aliphatic carboxylic acids is 1. The summed E-state index contributed by atoms with van der Waals surface area (Å²) >= 11 is 0. The average Bonchev–Trinajstić information content (AvgIpc) is 3.82. The second kappa shape index (κ2) is 11.4. The number of pyridine rings is 1. The first kappa shape index (κ1) is 27.5. The molecule has 220 valence electrons. The Kier molecular flexibility index (Phi) is 7.43. The van der Waals surface area contributed by atoms with Crippen molar-refractivity contribution in [2.24, 2.45) is 11.8 Å². The lowest BCUT2D eigenvalue weighted by Gasteiger charge is -2.35. The van der Waals surface area contributed by atoms with E-state index in [4.69, 9.17) is 9.47 Å². The second-order valence-electron chi connectivity index (χ2n) is 13.0. The molecule has 4 heterocycles. The van der Waals surface area contributed by atoms with E-state index in [1.807, 2.05) is 19.2 Å². The zero-order valence-corrected chi connectivity index (χ0v) is 24.8. The standard InChI is InChI=1S/C36H42N2O4/c1-22(36(39)40)35(24-7-8-24)27-9-6-23-11-15-32(42-33(23)19-27)26-10-14-31(25-16-17-37-34(20-25)41-2)28(18-26)21-38-29-4-3-5-30(38)13-12-29/h6,9-10,14,16-20,22,24,29-30,32,35H,3-5,7-8,11-13,15,21H2,1-2H3,(H,39,40)/t22?,29?,30?,32-,35?/m0/s1. The normalized spacial score (nSPS) is 24.9. The Bertz CT molecular complexity index is 1450. The van der Waals surface area contributed by atoms with E-state index in [0.29, 0.717) is 23.9 Å². The van der Waals surface area contributed by atoms with Crippen LogP contribution in [-0.2, 0) is 17.8 Å². The van der Waals surface area contributed by atoms with Crippen molar-refractivity contribution in [2.75, 3.05) is 7.11 Å². The number of fused-ring (bicyclic) bond motifs is 3. The molecule has 1 aliphatic carbocycles. The van der Waals surface area contributed by atoms with Crippen molar-refractivity contribution in [1.29, 1.82) is 0 Å². The van der Waals surface area contributed by atoms with Crippen LogP contribution in [0.25, 0.3) is 11.1 Å². The fraction of sp³-hybridized carbons (Fsp3) is 0.500. The van der Waals surface area contributed by atoms with Crippen LogP contribution in [0.5, 0.6) is 11.6 Å². The summed E-state index contributed by atoms with van der Waals surface area (Å²) in [5.74, 6) is 0.934. The third-order valence-electron chi connectivity index (χ3n) is 10.4. The number of carboxylic acids is 1. The number of aryl methyl sites for hydroxylation is 1. The van der Waals surface area contributed by atoms with Gasteiger partial charge in [0.05, 0.1) is 13.0 Å². The molecule has 6 heteroatoms. The maximum atomic E-state index is 11.9. The molecule has 0 amide bonds. The molecule has 42 heavy (non-hydrogen) atoms. The zero-order chi connectivity index (χ0) is 28.8. The molecule has 2 aromatic carbocycles. The van der Waals surface area contributed by atoms with Crippen LogP contribution in [0.15, 0.2) is 54.7 Å². The summed E-state index contributed by atoms with van der Waals surface area (Å²) in [4.78, 5) is 19.0. The Morgan fingerprint density at radius 2 is 1.83 bits per heavy atom. The van der Waals surface area contributed by atoms with Crippen molar-refractivity contribution in [3.8, 4) is 22.8 Å². The van der Waals surface area contributed by atoms with Crippen LogP contribution in [-0.4, -0.2) is 40.2 Å². The quantitative estimate of drug-likeness (QED) is 0.288. The van der Waals surface area contributed by atoms with Gasteiger partial charge >= 0.3 is 5.97 Å². The van der Waals surface area contributed by atoms with Gasteiger partial charge in [-0.05, 0) is 109 Å². The first-order chi connectivity index (χ1) is 20.5. The highest BCUT2D eigenvalue weighted by Gasteiger charge is 2.39. The fourth-order valence-corrected chi connectivity index (χ4v) is 8.00. The average molecular weight is 567 g/mol. The molecule has 0 radical (unpaired) electrons. The van der Waals surface area contributed by atoms with Crippen LogP contribution in [0.1, 0.15) is 92.6 Å². The molecular formula is C36H42N2O4. The summed E-state index contributed by atoms with van der Waals surface area (Å²) in [6.07, 6.45) is 12.5. The molecule has 4 aliphatic rings. The molecule has 5 atom stereocenters. The monoisotopic (exact) mass is 566 g/mol. The molecule has 6 nitrogen and oxygen atoms in total. The van der Waals surface area contributed by atoms with Crippen LogP contribution in [0, 0.1) is 11.8 Å². The third-order valence-corrected chi connectivity index (χ3v) is 10.4. The Hall–Kier alpha value is -3.38. The second-order valence-corrected chi connectivity index (χ2v) is 13.0. The van der Waals surface area contributed by atoms with E-state index >= 15 is 0 Å². The molecule has 7 rings (SSSR count). The van der Waals surface area contributed by atoms with Gasteiger partial charge < -0.3 is 14.6 Å². The topological polar surface area (TPSA) is 71.9 Å². The van der Waals surface area contributed by atoms with Gasteiger partial charge in [-0.1, -0.05) is 43.7 Å². The molecule has 3 aliphatic heterocycles. The van der Waals surface area contributed by atoms with Crippen molar-refractivity contribution < 1.29 is 19.4 Å². The number of carboxylic acid groups (broad SMARTS) is 1. The number of piperidine rings is 1. The summed E-state index contributed by atoms with van der Waals surface area (Å²) in [6, 6.07) is 18.8. The number of rotatable bonds is 9. The lowest BCUT2D eigenvalue weighted by Crippen LogP contribution is -2.39. The van der Waals surface area contributed by atoms with Gasteiger partial charge in [0.15, 0.2) is 0 Å². The van der Waals surface area contributed by atoms with Gasteiger partial charge in [-0.15, -0.1) is 0 Å². The molecule has 3 aromatic rings. The molecule has 1 aromatic heterocycles. The minimum atomic E-state index is -0.718. The number of aromatic nitrogens is 1. The largest absolute Gasteiger partial charge is 0.485 e.